The van der Waals surface area contributed by atoms with Gasteiger partial charge in [0.1, 0.15) is 11.5 Å². The number of nitrogens with zero attached hydrogens (tertiary/aromatic N) is 1. The highest BCUT2D eigenvalue weighted by atomic mass is 35.5. The standard InChI is InChI=1S/C17H24ClNO4/c1-22-11-7-13(18)12(14(8-11)23-2)10-19-5-3-17(4-6-19)15(20)9-16(17)21/h7-8,15-16,20-21H,3-6,9-10H2,1-2H3/t15-,16+. The Morgan fingerprint density at radius 1 is 1.17 bits per heavy atom. The normalized spacial score (nSPS) is 26.8. The number of methoxy groups -OCH3 is 2. The molecule has 6 heteroatoms. The summed E-state index contributed by atoms with van der Waals surface area (Å²) in [6.07, 6.45) is 1.41. The Morgan fingerprint density at radius 2 is 1.83 bits per heavy atom. The minimum atomic E-state index is -0.362. The van der Waals surface area contributed by atoms with Crippen LogP contribution in [0.25, 0.3) is 0 Å². The summed E-state index contributed by atoms with van der Waals surface area (Å²) in [4.78, 5) is 2.29. The Labute approximate surface area is 141 Å². The van der Waals surface area contributed by atoms with Gasteiger partial charge < -0.3 is 19.7 Å². The first kappa shape index (κ1) is 16.8. The van der Waals surface area contributed by atoms with Crippen LogP contribution in [0.15, 0.2) is 12.1 Å². The van der Waals surface area contributed by atoms with Crippen molar-refractivity contribution in [1.82, 2.24) is 4.90 Å². The first-order valence-corrected chi connectivity index (χ1v) is 8.37. The summed E-state index contributed by atoms with van der Waals surface area (Å²) in [5.74, 6) is 1.40. The van der Waals surface area contributed by atoms with Crippen LogP contribution in [0.1, 0.15) is 24.8 Å². The lowest BCUT2D eigenvalue weighted by molar-refractivity contribution is -0.190. The lowest BCUT2D eigenvalue weighted by atomic mass is 9.58. The molecule has 2 aliphatic rings. The molecule has 1 aliphatic heterocycles. The summed E-state index contributed by atoms with van der Waals surface area (Å²) in [5, 5.41) is 20.7. The number of rotatable bonds is 4. The van der Waals surface area contributed by atoms with Crippen molar-refractivity contribution in [2.75, 3.05) is 27.3 Å². The molecule has 3 rings (SSSR count). The van der Waals surface area contributed by atoms with Gasteiger partial charge in [0.25, 0.3) is 0 Å². The highest BCUT2D eigenvalue weighted by Crippen LogP contribution is 2.49. The van der Waals surface area contributed by atoms with Gasteiger partial charge in [-0.05, 0) is 32.0 Å². The lowest BCUT2D eigenvalue weighted by Gasteiger charge is -2.55. The van der Waals surface area contributed by atoms with E-state index in [1.807, 2.05) is 6.07 Å². The van der Waals surface area contributed by atoms with Gasteiger partial charge in [-0.3, -0.25) is 4.90 Å². The fourth-order valence-corrected chi connectivity index (χ4v) is 4.06. The topological polar surface area (TPSA) is 62.2 Å². The minimum absolute atomic E-state index is 0.287. The van der Waals surface area contributed by atoms with Crippen LogP contribution in [0.4, 0.5) is 0 Å². The third-order valence-electron chi connectivity index (χ3n) is 5.53. The summed E-state index contributed by atoms with van der Waals surface area (Å²) in [7, 11) is 3.23. The molecule has 1 heterocycles. The van der Waals surface area contributed by atoms with Gasteiger partial charge >= 0.3 is 0 Å². The van der Waals surface area contributed by atoms with E-state index in [2.05, 4.69) is 4.90 Å². The summed E-state index contributed by atoms with van der Waals surface area (Å²) >= 11 is 6.39. The average molecular weight is 342 g/mol. The predicted octanol–water partition coefficient (Wildman–Crippen LogP) is 2.06. The number of likely N-dealkylation sites (tertiary alicyclic amines) is 1. The molecule has 5 nitrogen and oxygen atoms in total. The molecule has 128 valence electrons. The number of benzene rings is 1. The molecule has 1 spiro atoms. The van der Waals surface area contributed by atoms with Crippen LogP contribution in [0, 0.1) is 5.41 Å². The Morgan fingerprint density at radius 3 is 2.35 bits per heavy atom. The molecule has 0 radical (unpaired) electrons. The van der Waals surface area contributed by atoms with Crippen molar-refractivity contribution in [3.05, 3.63) is 22.7 Å². The lowest BCUT2D eigenvalue weighted by Crippen LogP contribution is -2.61. The fourth-order valence-electron chi connectivity index (χ4n) is 3.80. The van der Waals surface area contributed by atoms with E-state index in [1.54, 1.807) is 20.3 Å². The largest absolute Gasteiger partial charge is 0.497 e. The molecule has 2 N–H and O–H groups in total. The van der Waals surface area contributed by atoms with Crippen LogP contribution in [0.5, 0.6) is 11.5 Å². The maximum absolute atomic E-state index is 10.0. The van der Waals surface area contributed by atoms with Crippen molar-refractivity contribution in [2.24, 2.45) is 5.41 Å². The van der Waals surface area contributed by atoms with Crippen LogP contribution in [-0.2, 0) is 6.54 Å². The van der Waals surface area contributed by atoms with Crippen LogP contribution in [0.3, 0.4) is 0 Å². The molecular formula is C17H24ClNO4. The number of piperidine rings is 1. The smallest absolute Gasteiger partial charge is 0.128 e. The van der Waals surface area contributed by atoms with Crippen molar-refractivity contribution < 1.29 is 19.7 Å². The Hall–Kier alpha value is -1.01. The predicted molar refractivity (Wildman–Crippen MR) is 88.1 cm³/mol. The number of hydrogen-bond donors (Lipinski definition) is 2. The maximum Gasteiger partial charge on any atom is 0.128 e. The molecule has 1 aromatic rings. The number of halogens is 1. The zero-order valence-corrected chi connectivity index (χ0v) is 14.3. The fraction of sp³-hybridized carbons (Fsp3) is 0.647. The quantitative estimate of drug-likeness (QED) is 0.877. The number of aliphatic hydroxyl groups excluding tert-OH is 2. The second-order valence-corrected chi connectivity index (χ2v) is 6.97. The van der Waals surface area contributed by atoms with Crippen LogP contribution < -0.4 is 9.47 Å². The highest BCUT2D eigenvalue weighted by Gasteiger charge is 2.54. The highest BCUT2D eigenvalue weighted by molar-refractivity contribution is 6.31. The SMILES string of the molecule is COc1cc(Cl)c(CN2CCC3(CC2)[C@H](O)C[C@@H]3O)c(OC)c1. The number of hydrogen-bond acceptors (Lipinski definition) is 5. The zero-order valence-electron chi connectivity index (χ0n) is 13.6. The van der Waals surface area contributed by atoms with E-state index in [9.17, 15) is 10.2 Å². The van der Waals surface area contributed by atoms with Crippen molar-refractivity contribution in [1.29, 1.82) is 0 Å². The van der Waals surface area contributed by atoms with E-state index in [0.29, 0.717) is 23.7 Å². The van der Waals surface area contributed by atoms with Crippen molar-refractivity contribution in [3.8, 4) is 11.5 Å². The Balaban J connectivity index is 1.69. The molecule has 1 aromatic carbocycles. The first-order chi connectivity index (χ1) is 11.0. The molecule has 1 saturated carbocycles. The zero-order chi connectivity index (χ0) is 16.6. The van der Waals surface area contributed by atoms with E-state index in [4.69, 9.17) is 21.1 Å². The first-order valence-electron chi connectivity index (χ1n) is 7.99. The van der Waals surface area contributed by atoms with E-state index >= 15 is 0 Å². The Bertz CT molecular complexity index is 562. The van der Waals surface area contributed by atoms with E-state index in [1.165, 1.54) is 0 Å². The van der Waals surface area contributed by atoms with Gasteiger partial charge in [-0.1, -0.05) is 11.6 Å². The molecule has 0 aromatic heterocycles. The van der Waals surface area contributed by atoms with E-state index in [-0.39, 0.29) is 17.6 Å². The minimum Gasteiger partial charge on any atom is -0.497 e. The summed E-state index contributed by atoms with van der Waals surface area (Å²) in [5.41, 5.74) is 0.658. The molecule has 2 fully saturated rings. The molecule has 1 saturated heterocycles. The molecule has 0 unspecified atom stereocenters. The third kappa shape index (κ3) is 2.91. The Kier molecular flexibility index (Phi) is 4.74. The molecule has 23 heavy (non-hydrogen) atoms. The van der Waals surface area contributed by atoms with Crippen LogP contribution >= 0.6 is 11.6 Å². The van der Waals surface area contributed by atoms with Gasteiger partial charge in [-0.15, -0.1) is 0 Å². The molecular weight excluding hydrogens is 318 g/mol. The second-order valence-electron chi connectivity index (χ2n) is 6.57. The van der Waals surface area contributed by atoms with Crippen molar-refractivity contribution in [2.45, 2.75) is 38.0 Å². The number of aliphatic hydroxyl groups is 2. The maximum atomic E-state index is 10.0. The van der Waals surface area contributed by atoms with Gasteiger partial charge in [-0.2, -0.15) is 0 Å². The average Bonchev–Trinajstić information content (AvgIpc) is 2.57. The number of ether oxygens (including phenoxy) is 2. The van der Waals surface area contributed by atoms with E-state index in [0.717, 1.165) is 37.2 Å². The third-order valence-corrected chi connectivity index (χ3v) is 5.86. The van der Waals surface area contributed by atoms with Crippen LogP contribution in [-0.4, -0.2) is 54.6 Å². The van der Waals surface area contributed by atoms with Gasteiger partial charge in [-0.25, -0.2) is 0 Å². The van der Waals surface area contributed by atoms with Crippen LogP contribution in [0.2, 0.25) is 5.02 Å². The molecule has 0 amide bonds. The molecule has 1 aliphatic carbocycles. The van der Waals surface area contributed by atoms with Gasteiger partial charge in [0.2, 0.25) is 0 Å². The summed E-state index contributed by atoms with van der Waals surface area (Å²) in [6, 6.07) is 3.64. The van der Waals surface area contributed by atoms with Crippen molar-refractivity contribution >= 4 is 11.6 Å². The summed E-state index contributed by atoms with van der Waals surface area (Å²) in [6.45, 7) is 2.35. The van der Waals surface area contributed by atoms with Gasteiger partial charge in [0.15, 0.2) is 0 Å². The van der Waals surface area contributed by atoms with Gasteiger partial charge in [0, 0.05) is 30.0 Å². The molecule has 2 atom stereocenters. The summed E-state index contributed by atoms with van der Waals surface area (Å²) < 4.78 is 10.7. The monoisotopic (exact) mass is 341 g/mol. The van der Waals surface area contributed by atoms with Crippen molar-refractivity contribution in [3.63, 3.8) is 0 Å². The van der Waals surface area contributed by atoms with E-state index < -0.39 is 0 Å². The van der Waals surface area contributed by atoms with Gasteiger partial charge in [0.05, 0.1) is 31.5 Å². The molecule has 0 bridgehead atoms. The second kappa shape index (κ2) is 6.48.